The van der Waals surface area contributed by atoms with Gasteiger partial charge in [-0.1, -0.05) is 24.3 Å². The highest BCUT2D eigenvalue weighted by Gasteiger charge is 2.32. The second-order valence-electron chi connectivity index (χ2n) is 4.40. The molecule has 0 atom stereocenters. The Morgan fingerprint density at radius 2 is 1.75 bits per heavy atom. The van der Waals surface area contributed by atoms with E-state index in [-0.39, 0.29) is 19.3 Å². The third-order valence-electron chi connectivity index (χ3n) is 2.93. The van der Waals surface area contributed by atoms with Crippen molar-refractivity contribution in [2.45, 2.75) is 25.7 Å². The maximum Gasteiger partial charge on any atom is 0.333 e. The maximum absolute atomic E-state index is 11.6. The highest BCUT2D eigenvalue weighted by molar-refractivity contribution is 6.01. The summed E-state index contributed by atoms with van der Waals surface area (Å²) in [6.07, 6.45) is 1.37. The van der Waals surface area contributed by atoms with Gasteiger partial charge in [0.1, 0.15) is 6.29 Å². The van der Waals surface area contributed by atoms with Crippen molar-refractivity contribution in [3.8, 4) is 0 Å². The number of rotatable bonds is 5. The molecule has 6 heteroatoms. The summed E-state index contributed by atoms with van der Waals surface area (Å²) < 4.78 is 0. The summed E-state index contributed by atoms with van der Waals surface area (Å²) in [5, 5.41) is 0.540. The fourth-order valence-electron chi connectivity index (χ4n) is 1.81. The number of carbonyl (C=O) groups excluding carboxylic acids is 4. The van der Waals surface area contributed by atoms with Crippen molar-refractivity contribution in [2.75, 3.05) is 0 Å². The molecule has 1 aromatic carbocycles. The van der Waals surface area contributed by atoms with E-state index in [0.717, 1.165) is 11.8 Å². The zero-order valence-corrected chi connectivity index (χ0v) is 10.7. The Bertz CT molecular complexity index is 533. The van der Waals surface area contributed by atoms with Crippen molar-refractivity contribution in [3.05, 3.63) is 35.4 Å². The average Bonchev–Trinajstić information content (AvgIpc) is 2.77. The van der Waals surface area contributed by atoms with Gasteiger partial charge in [0.05, 0.1) is 6.42 Å². The van der Waals surface area contributed by atoms with Crippen LogP contribution in [-0.2, 0) is 25.6 Å². The Labute approximate surface area is 115 Å². The second-order valence-corrected chi connectivity index (χ2v) is 4.40. The maximum atomic E-state index is 11.6. The van der Waals surface area contributed by atoms with Crippen molar-refractivity contribution in [1.29, 1.82) is 0 Å². The van der Waals surface area contributed by atoms with Crippen LogP contribution in [0.1, 0.15) is 35.2 Å². The fourth-order valence-corrected chi connectivity index (χ4v) is 1.81. The third-order valence-corrected chi connectivity index (χ3v) is 2.93. The van der Waals surface area contributed by atoms with Crippen molar-refractivity contribution in [2.24, 2.45) is 0 Å². The molecular weight excluding hydrogens is 262 g/mol. The molecule has 1 aliphatic rings. The first-order valence-electron chi connectivity index (χ1n) is 6.21. The number of hydrogen-bond donors (Lipinski definition) is 0. The van der Waals surface area contributed by atoms with Crippen LogP contribution in [0.3, 0.4) is 0 Å². The summed E-state index contributed by atoms with van der Waals surface area (Å²) in [4.78, 5) is 49.3. The molecule has 0 spiro atoms. The van der Waals surface area contributed by atoms with Crippen molar-refractivity contribution >= 4 is 24.1 Å². The molecule has 1 fully saturated rings. The lowest BCUT2D eigenvalue weighted by atomic mass is 10.1. The first-order valence-corrected chi connectivity index (χ1v) is 6.21. The van der Waals surface area contributed by atoms with Crippen LogP contribution < -0.4 is 0 Å². The number of hydrogen-bond acceptors (Lipinski definition) is 5. The van der Waals surface area contributed by atoms with Crippen LogP contribution in [0.15, 0.2) is 24.3 Å². The van der Waals surface area contributed by atoms with Crippen molar-refractivity contribution in [1.82, 2.24) is 5.06 Å². The van der Waals surface area contributed by atoms with Crippen LogP contribution in [0, 0.1) is 0 Å². The number of benzene rings is 1. The zero-order chi connectivity index (χ0) is 14.5. The van der Waals surface area contributed by atoms with E-state index in [1.807, 2.05) is 0 Å². The predicted molar refractivity (Wildman–Crippen MR) is 67.3 cm³/mol. The summed E-state index contributed by atoms with van der Waals surface area (Å²) in [5.41, 5.74) is 1.43. The number of imide groups is 1. The molecule has 2 amide bonds. The molecule has 20 heavy (non-hydrogen) atoms. The van der Waals surface area contributed by atoms with Crippen LogP contribution in [0.2, 0.25) is 0 Å². The normalized spacial score (nSPS) is 14.5. The average molecular weight is 275 g/mol. The monoisotopic (exact) mass is 275 g/mol. The lowest BCUT2D eigenvalue weighted by molar-refractivity contribution is -0.197. The molecule has 0 unspecified atom stereocenters. The molecule has 1 heterocycles. The second kappa shape index (κ2) is 6.10. The van der Waals surface area contributed by atoms with Crippen LogP contribution >= 0.6 is 0 Å². The molecule has 0 bridgehead atoms. The van der Waals surface area contributed by atoms with Crippen molar-refractivity contribution in [3.63, 3.8) is 0 Å². The van der Waals surface area contributed by atoms with Crippen LogP contribution in [0.5, 0.6) is 0 Å². The molecule has 0 aromatic heterocycles. The van der Waals surface area contributed by atoms with Gasteiger partial charge in [0, 0.05) is 18.4 Å². The van der Waals surface area contributed by atoms with E-state index < -0.39 is 17.8 Å². The van der Waals surface area contributed by atoms with E-state index in [1.54, 1.807) is 24.3 Å². The van der Waals surface area contributed by atoms with Gasteiger partial charge in [0.2, 0.25) is 0 Å². The van der Waals surface area contributed by atoms with Gasteiger partial charge >= 0.3 is 5.97 Å². The van der Waals surface area contributed by atoms with E-state index in [4.69, 9.17) is 4.84 Å². The van der Waals surface area contributed by atoms with E-state index in [1.165, 1.54) is 0 Å². The van der Waals surface area contributed by atoms with Gasteiger partial charge in [-0.2, -0.15) is 0 Å². The smallest absolute Gasteiger partial charge is 0.330 e. The Kier molecular flexibility index (Phi) is 4.24. The van der Waals surface area contributed by atoms with E-state index >= 15 is 0 Å². The highest BCUT2D eigenvalue weighted by atomic mass is 16.7. The first-order chi connectivity index (χ1) is 9.60. The van der Waals surface area contributed by atoms with Gasteiger partial charge in [-0.3, -0.25) is 14.4 Å². The minimum Gasteiger partial charge on any atom is -0.330 e. The van der Waals surface area contributed by atoms with Gasteiger partial charge in [0.25, 0.3) is 11.8 Å². The van der Waals surface area contributed by atoms with Crippen molar-refractivity contribution < 1.29 is 24.0 Å². The van der Waals surface area contributed by atoms with Gasteiger partial charge in [-0.25, -0.2) is 4.79 Å². The molecule has 0 aliphatic carbocycles. The molecule has 6 nitrogen and oxygen atoms in total. The lowest BCUT2D eigenvalue weighted by Crippen LogP contribution is -2.32. The van der Waals surface area contributed by atoms with Gasteiger partial charge < -0.3 is 4.84 Å². The topological polar surface area (TPSA) is 80.8 Å². The minimum absolute atomic E-state index is 0.0531. The Morgan fingerprint density at radius 3 is 2.30 bits per heavy atom. The highest BCUT2D eigenvalue weighted by Crippen LogP contribution is 2.13. The number of hydroxylamine groups is 2. The van der Waals surface area contributed by atoms with Gasteiger partial charge in [-0.15, -0.1) is 5.06 Å². The molecule has 1 aliphatic heterocycles. The van der Waals surface area contributed by atoms with Crippen LogP contribution in [0.25, 0.3) is 0 Å². The summed E-state index contributed by atoms with van der Waals surface area (Å²) >= 11 is 0. The molecule has 1 aromatic rings. The number of carbonyl (C=O) groups is 4. The molecule has 2 rings (SSSR count). The van der Waals surface area contributed by atoms with Gasteiger partial charge in [0.15, 0.2) is 0 Å². The molecule has 1 saturated heterocycles. The van der Waals surface area contributed by atoms with E-state index in [2.05, 4.69) is 0 Å². The Hall–Kier alpha value is -2.50. The standard InChI is InChI=1S/C14H13NO5/c16-9-11-3-1-10(2-4-11)5-8-14(19)20-15-12(17)6-7-13(15)18/h1-4,9H,5-8H2. The molecular formula is C14H13NO5. The first kappa shape index (κ1) is 13.9. The number of aldehydes is 1. The molecule has 0 saturated carbocycles. The van der Waals surface area contributed by atoms with Gasteiger partial charge in [-0.05, 0) is 12.0 Å². The summed E-state index contributed by atoms with van der Waals surface area (Å²) in [6.45, 7) is 0. The summed E-state index contributed by atoms with van der Waals surface area (Å²) in [5.74, 6) is -1.61. The molecule has 104 valence electrons. The number of nitrogens with zero attached hydrogens (tertiary/aromatic N) is 1. The quantitative estimate of drug-likeness (QED) is 0.592. The summed E-state index contributed by atoms with van der Waals surface area (Å²) in [6, 6.07) is 6.79. The third kappa shape index (κ3) is 3.28. The number of aryl methyl sites for hydroxylation is 1. The lowest BCUT2D eigenvalue weighted by Gasteiger charge is -2.12. The van der Waals surface area contributed by atoms with Crippen LogP contribution in [0.4, 0.5) is 0 Å². The van der Waals surface area contributed by atoms with E-state index in [0.29, 0.717) is 17.0 Å². The largest absolute Gasteiger partial charge is 0.333 e. The Morgan fingerprint density at radius 1 is 1.15 bits per heavy atom. The summed E-state index contributed by atoms with van der Waals surface area (Å²) in [7, 11) is 0. The number of amides is 2. The molecule has 0 radical (unpaired) electrons. The molecule has 0 N–H and O–H groups in total. The SMILES string of the molecule is O=Cc1ccc(CCC(=O)ON2C(=O)CCC2=O)cc1. The predicted octanol–water partition coefficient (Wildman–Crippen LogP) is 1.04. The Balaban J connectivity index is 1.84. The zero-order valence-electron chi connectivity index (χ0n) is 10.7. The fraction of sp³-hybridized carbons (Fsp3) is 0.286. The van der Waals surface area contributed by atoms with Crippen LogP contribution in [-0.4, -0.2) is 29.1 Å². The minimum atomic E-state index is -0.631. The van der Waals surface area contributed by atoms with E-state index in [9.17, 15) is 19.2 Å².